The fourth-order valence-electron chi connectivity index (χ4n) is 5.77. The van der Waals surface area contributed by atoms with Crippen LogP contribution in [-0.4, -0.2) is 36.0 Å². The number of nitrogen functional groups attached to an aromatic ring is 3. The topological polar surface area (TPSA) is 162 Å². The van der Waals surface area contributed by atoms with Crippen molar-refractivity contribution in [2.75, 3.05) is 22.1 Å². The number of nitrogens with one attached hydrogen (secondary N) is 1. The number of hydrogen-bond acceptors (Lipinski definition) is 7. The van der Waals surface area contributed by atoms with Crippen LogP contribution < -0.4 is 27.4 Å². The highest BCUT2D eigenvalue weighted by Gasteiger charge is 2.73. The van der Waals surface area contributed by atoms with Crippen LogP contribution in [0, 0.1) is 0 Å². The van der Waals surface area contributed by atoms with Gasteiger partial charge in [0.25, 0.3) is 23.6 Å². The zero-order valence-electron chi connectivity index (χ0n) is 23.0. The zero-order valence-corrected chi connectivity index (χ0v) is 23.0. The van der Waals surface area contributed by atoms with Gasteiger partial charge in [-0.15, -0.1) is 0 Å². The summed E-state index contributed by atoms with van der Waals surface area (Å²) in [4.78, 5) is 51.4. The summed E-state index contributed by atoms with van der Waals surface area (Å²) in [5.41, 5.74) is 9.29. The van der Waals surface area contributed by atoms with Gasteiger partial charge in [0.15, 0.2) is 0 Å². The zero-order chi connectivity index (χ0) is 33.5. The van der Waals surface area contributed by atoms with Gasteiger partial charge >= 0.3 is 12.4 Å². The summed E-state index contributed by atoms with van der Waals surface area (Å²) in [6.45, 7) is 0. The largest absolute Gasteiger partial charge is 0.411 e. The van der Waals surface area contributed by atoms with Gasteiger partial charge in [0.1, 0.15) is 0 Å². The van der Waals surface area contributed by atoms with Gasteiger partial charge in [-0.2, -0.15) is 26.3 Å². The Hall–Kier alpha value is -5.86. The minimum atomic E-state index is -6.08. The maximum atomic E-state index is 14.8. The number of imide groups is 2. The summed E-state index contributed by atoms with van der Waals surface area (Å²) < 4.78 is 89.0. The van der Waals surface area contributed by atoms with Crippen LogP contribution >= 0.6 is 0 Å². The second-order valence-electron chi connectivity index (χ2n) is 10.6. The van der Waals surface area contributed by atoms with E-state index in [0.29, 0.717) is 58.1 Å². The second-order valence-corrected chi connectivity index (χ2v) is 10.6. The Morgan fingerprint density at radius 2 is 1.02 bits per heavy atom. The van der Waals surface area contributed by atoms with E-state index in [1.807, 2.05) is 5.32 Å². The molecule has 0 bridgehead atoms. The molecule has 4 aromatic rings. The van der Waals surface area contributed by atoms with Gasteiger partial charge in [-0.05, 0) is 70.8 Å². The quantitative estimate of drug-likeness (QED) is 0.136. The molecule has 0 fully saturated rings. The van der Waals surface area contributed by atoms with Gasteiger partial charge in [0.2, 0.25) is 5.41 Å². The molecule has 0 radical (unpaired) electrons. The van der Waals surface area contributed by atoms with Gasteiger partial charge in [-0.25, -0.2) is 4.90 Å². The van der Waals surface area contributed by atoms with Crippen LogP contribution in [0.15, 0.2) is 72.8 Å². The lowest BCUT2D eigenvalue weighted by atomic mass is 9.71. The monoisotopic (exact) mass is 639 g/mol. The third-order valence-electron chi connectivity index (χ3n) is 8.03. The molecule has 0 unspecified atom stereocenters. The Morgan fingerprint density at radius 3 is 1.59 bits per heavy atom. The van der Waals surface area contributed by atoms with Gasteiger partial charge in [-0.1, -0.05) is 24.3 Å². The molecule has 9 nitrogen and oxygen atoms in total. The van der Waals surface area contributed by atoms with E-state index in [4.69, 9.17) is 17.2 Å². The van der Waals surface area contributed by atoms with Crippen LogP contribution in [-0.2, 0) is 5.41 Å². The van der Waals surface area contributed by atoms with Gasteiger partial charge in [0, 0.05) is 0 Å². The van der Waals surface area contributed by atoms with Crippen molar-refractivity contribution < 1.29 is 45.5 Å². The average Bonchev–Trinajstić information content (AvgIpc) is 3.39. The number of hydrogen-bond donors (Lipinski definition) is 4. The van der Waals surface area contributed by atoms with Crippen molar-refractivity contribution in [3.8, 4) is 11.1 Å². The molecular formula is C31H19F6N5O4. The number of anilines is 4. The SMILES string of the molecule is Nc1ccc(-c2ccc(N3C(=O)c4ccc(C(c5ccc6c(c5)C(=O)NC6=O)(C(F)(F)F)C(F)(F)F)cc4C3=O)c(N)c2)cc1N. The standard InChI is InChI=1S/C31H19F6N5O4/c32-30(33,34)29(31(35,36)37,15-3-5-17-19(11-15)26(44)41-25(17)43)16-4-6-18-20(12-16)28(46)42(27(18)45)24-8-2-14(10-23(24)40)13-1-7-21(38)22(39)9-13/h1-12H,38-40H2,(H,41,43,44). The Morgan fingerprint density at radius 1 is 0.522 bits per heavy atom. The smallest absolute Gasteiger partial charge is 0.397 e. The van der Waals surface area contributed by atoms with Crippen LogP contribution in [0.2, 0.25) is 0 Å². The Bertz CT molecular complexity index is 2030. The third kappa shape index (κ3) is 4.18. The first kappa shape index (κ1) is 30.2. The molecule has 0 aromatic heterocycles. The molecule has 0 aliphatic carbocycles. The molecule has 46 heavy (non-hydrogen) atoms. The lowest BCUT2D eigenvalue weighted by Gasteiger charge is -2.38. The van der Waals surface area contributed by atoms with Crippen LogP contribution in [0.25, 0.3) is 11.1 Å². The summed E-state index contributed by atoms with van der Waals surface area (Å²) in [5, 5.41) is 1.82. The first-order valence-corrected chi connectivity index (χ1v) is 13.2. The Kier molecular flexibility index (Phi) is 6.44. The number of rotatable bonds is 4. The molecule has 234 valence electrons. The van der Waals surface area contributed by atoms with E-state index in [1.54, 1.807) is 18.2 Å². The first-order chi connectivity index (χ1) is 21.5. The van der Waals surface area contributed by atoms with Crippen LogP contribution in [0.1, 0.15) is 52.6 Å². The molecule has 0 saturated carbocycles. The summed E-state index contributed by atoms with van der Waals surface area (Å²) in [6, 6.07) is 11.9. The van der Waals surface area contributed by atoms with E-state index in [2.05, 4.69) is 0 Å². The number of carbonyl (C=O) groups is 4. The molecule has 15 heteroatoms. The van der Waals surface area contributed by atoms with Crippen molar-refractivity contribution in [1.29, 1.82) is 0 Å². The van der Waals surface area contributed by atoms with Crippen molar-refractivity contribution in [3.05, 3.63) is 106 Å². The summed E-state index contributed by atoms with van der Waals surface area (Å²) in [6.07, 6.45) is -12.2. The fraction of sp³-hybridized carbons (Fsp3) is 0.0968. The van der Waals surface area contributed by atoms with E-state index >= 15 is 0 Å². The number of nitrogens with zero attached hydrogens (tertiary/aromatic N) is 1. The number of benzene rings is 4. The third-order valence-corrected chi connectivity index (χ3v) is 8.03. The molecule has 0 saturated heterocycles. The van der Waals surface area contributed by atoms with Crippen LogP contribution in [0.5, 0.6) is 0 Å². The molecule has 6 rings (SSSR count). The lowest BCUT2D eigenvalue weighted by Crippen LogP contribution is -2.55. The number of carbonyl (C=O) groups excluding carboxylic acids is 4. The second kappa shape index (κ2) is 9.82. The van der Waals surface area contributed by atoms with Crippen molar-refractivity contribution in [3.63, 3.8) is 0 Å². The number of halogens is 6. The molecule has 0 spiro atoms. The van der Waals surface area contributed by atoms with Crippen molar-refractivity contribution in [1.82, 2.24) is 5.32 Å². The molecule has 4 amide bonds. The lowest BCUT2D eigenvalue weighted by molar-refractivity contribution is -0.288. The van der Waals surface area contributed by atoms with Crippen molar-refractivity contribution in [2.45, 2.75) is 17.8 Å². The Balaban J connectivity index is 1.47. The van der Waals surface area contributed by atoms with E-state index < -0.39 is 74.8 Å². The van der Waals surface area contributed by atoms with Gasteiger partial charge in [-0.3, -0.25) is 24.5 Å². The van der Waals surface area contributed by atoms with Crippen LogP contribution in [0.3, 0.4) is 0 Å². The van der Waals surface area contributed by atoms with E-state index in [9.17, 15) is 45.5 Å². The number of alkyl halides is 6. The molecule has 7 N–H and O–H groups in total. The first-order valence-electron chi connectivity index (χ1n) is 13.2. The predicted octanol–water partition coefficient (Wildman–Crippen LogP) is 5.20. The van der Waals surface area contributed by atoms with Gasteiger partial charge < -0.3 is 17.2 Å². The summed E-state index contributed by atoms with van der Waals surface area (Å²) >= 11 is 0. The van der Waals surface area contributed by atoms with Gasteiger partial charge in [0.05, 0.1) is 45.0 Å². The number of fused-ring (bicyclic) bond motifs is 2. The number of amides is 4. The average molecular weight is 640 g/mol. The summed E-state index contributed by atoms with van der Waals surface area (Å²) in [7, 11) is 0. The fourth-order valence-corrected chi connectivity index (χ4v) is 5.77. The minimum absolute atomic E-state index is 0.103. The predicted molar refractivity (Wildman–Crippen MR) is 154 cm³/mol. The minimum Gasteiger partial charge on any atom is -0.397 e. The molecule has 2 heterocycles. The molecule has 2 aliphatic heterocycles. The van der Waals surface area contributed by atoms with E-state index in [1.165, 1.54) is 18.2 Å². The van der Waals surface area contributed by atoms with E-state index in [0.717, 1.165) is 0 Å². The number of nitrogens with two attached hydrogens (primary N) is 3. The molecular weight excluding hydrogens is 620 g/mol. The Labute approximate surface area is 254 Å². The maximum absolute atomic E-state index is 14.8. The van der Waals surface area contributed by atoms with Crippen molar-refractivity contribution in [2.24, 2.45) is 0 Å². The highest BCUT2D eigenvalue weighted by Crippen LogP contribution is 2.57. The van der Waals surface area contributed by atoms with Crippen molar-refractivity contribution >= 4 is 46.4 Å². The highest BCUT2D eigenvalue weighted by atomic mass is 19.4. The maximum Gasteiger partial charge on any atom is 0.411 e. The highest BCUT2D eigenvalue weighted by molar-refractivity contribution is 6.35. The summed E-state index contributed by atoms with van der Waals surface area (Å²) in [5.74, 6) is -4.40. The molecule has 2 aliphatic rings. The molecule has 4 aromatic carbocycles. The van der Waals surface area contributed by atoms with Crippen LogP contribution in [0.4, 0.5) is 49.1 Å². The molecule has 0 atom stereocenters. The van der Waals surface area contributed by atoms with E-state index in [-0.39, 0.29) is 17.1 Å². The normalized spacial score (nSPS) is 14.9.